The standard InChI is InChI=1S/C18H17N3O4S/c22-15(23)8-11-25-10-3-5-12-4-1-7-14(20-12)18-21-16(24)13-6-2-9-19-17(13)26-18/h1-2,4,6-7,9H,3,5,8,10-11H2,(H,22,23). The Morgan fingerprint density at radius 1 is 1.15 bits per heavy atom. The Kier molecular flexibility index (Phi) is 5.98. The Labute approximate surface area is 153 Å². The first-order valence-corrected chi connectivity index (χ1v) is 8.97. The van der Waals surface area contributed by atoms with Crippen LogP contribution in [-0.2, 0) is 16.0 Å². The van der Waals surface area contributed by atoms with Crippen LogP contribution >= 0.6 is 11.3 Å². The summed E-state index contributed by atoms with van der Waals surface area (Å²) in [4.78, 5) is 36.1. The maximum Gasteiger partial charge on any atom is 0.305 e. The van der Waals surface area contributed by atoms with E-state index in [0.29, 0.717) is 33.9 Å². The van der Waals surface area contributed by atoms with E-state index >= 15 is 0 Å². The average Bonchev–Trinajstić information content (AvgIpc) is 2.64. The molecule has 0 amide bonds. The molecule has 134 valence electrons. The Morgan fingerprint density at radius 3 is 2.88 bits per heavy atom. The van der Waals surface area contributed by atoms with Crippen molar-refractivity contribution < 1.29 is 14.6 Å². The smallest absolute Gasteiger partial charge is 0.305 e. The summed E-state index contributed by atoms with van der Waals surface area (Å²) in [6.07, 6.45) is 3.09. The number of carboxylic acids is 1. The average molecular weight is 371 g/mol. The number of rotatable bonds is 8. The van der Waals surface area contributed by atoms with Gasteiger partial charge in [-0.3, -0.25) is 14.6 Å². The van der Waals surface area contributed by atoms with Crippen molar-refractivity contribution in [2.24, 2.45) is 0 Å². The monoisotopic (exact) mass is 371 g/mol. The number of carbonyl (C=O) groups is 1. The number of ether oxygens (including phenoxy) is 1. The molecular weight excluding hydrogens is 354 g/mol. The van der Waals surface area contributed by atoms with Crippen LogP contribution in [-0.4, -0.2) is 39.2 Å². The molecule has 26 heavy (non-hydrogen) atoms. The molecule has 0 radical (unpaired) electrons. The Hall–Kier alpha value is -2.71. The first kappa shape index (κ1) is 18.1. The largest absolute Gasteiger partial charge is 0.481 e. The van der Waals surface area contributed by atoms with Gasteiger partial charge in [-0.25, -0.2) is 4.98 Å². The van der Waals surface area contributed by atoms with Crippen molar-refractivity contribution in [3.63, 3.8) is 0 Å². The zero-order valence-corrected chi connectivity index (χ0v) is 14.7. The highest BCUT2D eigenvalue weighted by Gasteiger charge is 2.09. The molecule has 0 aliphatic heterocycles. The van der Waals surface area contributed by atoms with Gasteiger partial charge in [0.25, 0.3) is 5.56 Å². The lowest BCUT2D eigenvalue weighted by molar-refractivity contribution is -0.138. The second-order valence-corrected chi connectivity index (χ2v) is 6.53. The van der Waals surface area contributed by atoms with Crippen LogP contribution in [0, 0.1) is 0 Å². The number of carboxylic acid groups (broad SMARTS) is 1. The normalized spacial score (nSPS) is 10.9. The number of fused-ring (bicyclic) bond motifs is 1. The van der Waals surface area contributed by atoms with Crippen LogP contribution in [0.3, 0.4) is 0 Å². The highest BCUT2D eigenvalue weighted by atomic mass is 32.1. The van der Waals surface area contributed by atoms with Gasteiger partial charge in [0, 0.05) is 18.5 Å². The van der Waals surface area contributed by atoms with E-state index in [9.17, 15) is 9.59 Å². The molecule has 0 atom stereocenters. The molecule has 0 bridgehead atoms. The zero-order valence-electron chi connectivity index (χ0n) is 13.9. The van der Waals surface area contributed by atoms with Gasteiger partial charge < -0.3 is 9.84 Å². The highest BCUT2D eigenvalue weighted by Crippen LogP contribution is 2.23. The van der Waals surface area contributed by atoms with E-state index in [0.717, 1.165) is 12.1 Å². The summed E-state index contributed by atoms with van der Waals surface area (Å²) in [5, 5.41) is 9.60. The molecule has 7 nitrogen and oxygen atoms in total. The first-order valence-electron chi connectivity index (χ1n) is 8.15. The van der Waals surface area contributed by atoms with Crippen LogP contribution in [0.15, 0.2) is 41.3 Å². The number of aryl methyl sites for hydroxylation is 1. The number of nitrogens with zero attached hydrogens (tertiary/aromatic N) is 3. The second kappa shape index (κ2) is 8.59. The fourth-order valence-electron chi connectivity index (χ4n) is 2.37. The maximum absolute atomic E-state index is 12.1. The number of hydrogen-bond donors (Lipinski definition) is 1. The molecule has 3 aromatic heterocycles. The van der Waals surface area contributed by atoms with Crippen molar-refractivity contribution in [1.29, 1.82) is 0 Å². The molecule has 1 N–H and O–H groups in total. The van der Waals surface area contributed by atoms with E-state index in [4.69, 9.17) is 9.84 Å². The summed E-state index contributed by atoms with van der Waals surface area (Å²) in [5.41, 5.74) is 1.21. The van der Waals surface area contributed by atoms with Crippen molar-refractivity contribution in [3.05, 3.63) is 52.6 Å². The lowest BCUT2D eigenvalue weighted by atomic mass is 10.2. The van der Waals surface area contributed by atoms with E-state index in [1.807, 2.05) is 18.2 Å². The molecule has 3 heterocycles. The van der Waals surface area contributed by atoms with Crippen LogP contribution in [0.2, 0.25) is 0 Å². The lowest BCUT2D eigenvalue weighted by Gasteiger charge is -2.05. The van der Waals surface area contributed by atoms with Gasteiger partial charge >= 0.3 is 5.97 Å². The molecule has 0 unspecified atom stereocenters. The molecule has 0 saturated heterocycles. The van der Waals surface area contributed by atoms with Gasteiger partial charge in [0.15, 0.2) is 0 Å². The molecule has 0 spiro atoms. The number of pyridine rings is 2. The van der Waals surface area contributed by atoms with Gasteiger partial charge in [-0.1, -0.05) is 17.4 Å². The van der Waals surface area contributed by atoms with Crippen molar-refractivity contribution in [1.82, 2.24) is 15.0 Å². The Bertz CT molecular complexity index is 974. The maximum atomic E-state index is 12.1. The highest BCUT2D eigenvalue weighted by molar-refractivity contribution is 7.20. The predicted molar refractivity (Wildman–Crippen MR) is 98.3 cm³/mol. The third kappa shape index (κ3) is 4.68. The van der Waals surface area contributed by atoms with Crippen molar-refractivity contribution in [2.45, 2.75) is 19.3 Å². The number of aromatic nitrogens is 3. The minimum absolute atomic E-state index is 0.00825. The number of hydrogen-bond acceptors (Lipinski definition) is 7. The van der Waals surface area contributed by atoms with Gasteiger partial charge in [-0.15, -0.1) is 0 Å². The fourth-order valence-corrected chi connectivity index (χ4v) is 3.27. The molecule has 0 fully saturated rings. The van der Waals surface area contributed by atoms with E-state index < -0.39 is 5.97 Å². The van der Waals surface area contributed by atoms with E-state index in [1.54, 1.807) is 18.3 Å². The molecule has 3 rings (SSSR count). The topological polar surface area (TPSA) is 102 Å². The van der Waals surface area contributed by atoms with Gasteiger partial charge in [0.1, 0.15) is 9.84 Å². The van der Waals surface area contributed by atoms with Crippen LogP contribution in [0.25, 0.3) is 20.9 Å². The Morgan fingerprint density at radius 2 is 2.04 bits per heavy atom. The summed E-state index contributed by atoms with van der Waals surface area (Å²) in [6.45, 7) is 0.690. The zero-order chi connectivity index (χ0) is 18.4. The van der Waals surface area contributed by atoms with Crippen molar-refractivity contribution in [2.75, 3.05) is 13.2 Å². The summed E-state index contributed by atoms with van der Waals surface area (Å²) in [5.74, 6) is -0.865. The van der Waals surface area contributed by atoms with Gasteiger partial charge in [-0.05, 0) is 37.1 Å². The van der Waals surface area contributed by atoms with Crippen LogP contribution in [0.1, 0.15) is 18.5 Å². The second-order valence-electron chi connectivity index (χ2n) is 5.55. The molecule has 0 aliphatic rings. The summed E-state index contributed by atoms with van der Waals surface area (Å²) in [7, 11) is 0. The number of aliphatic carboxylic acids is 1. The molecule has 3 aromatic rings. The summed E-state index contributed by atoms with van der Waals surface area (Å²) in [6, 6.07) is 9.04. The summed E-state index contributed by atoms with van der Waals surface area (Å²) < 4.78 is 5.28. The minimum Gasteiger partial charge on any atom is -0.481 e. The molecular formula is C18H17N3O4S. The third-order valence-corrected chi connectivity index (χ3v) is 4.62. The fraction of sp³-hybridized carbons (Fsp3) is 0.278. The molecule has 0 saturated carbocycles. The van der Waals surface area contributed by atoms with E-state index in [2.05, 4.69) is 15.0 Å². The van der Waals surface area contributed by atoms with E-state index in [1.165, 1.54) is 11.3 Å². The van der Waals surface area contributed by atoms with Crippen LogP contribution < -0.4 is 5.56 Å². The van der Waals surface area contributed by atoms with Gasteiger partial charge in [0.05, 0.1) is 24.1 Å². The van der Waals surface area contributed by atoms with Crippen LogP contribution in [0.5, 0.6) is 0 Å². The van der Waals surface area contributed by atoms with E-state index in [-0.39, 0.29) is 18.6 Å². The SMILES string of the molecule is O=C(O)CCOCCCc1cccc(-c2nc(=O)c3cccnc3s2)n1. The Balaban J connectivity index is 1.68. The van der Waals surface area contributed by atoms with Gasteiger partial charge in [0.2, 0.25) is 0 Å². The lowest BCUT2D eigenvalue weighted by Crippen LogP contribution is -2.07. The van der Waals surface area contributed by atoms with Crippen molar-refractivity contribution in [3.8, 4) is 10.7 Å². The molecule has 0 aromatic carbocycles. The third-order valence-electron chi connectivity index (χ3n) is 3.61. The minimum atomic E-state index is -0.865. The predicted octanol–water partition coefficient (Wildman–Crippen LogP) is 2.54. The van der Waals surface area contributed by atoms with Gasteiger partial charge in [-0.2, -0.15) is 4.98 Å². The molecule has 0 aliphatic carbocycles. The van der Waals surface area contributed by atoms with Crippen LogP contribution in [0.4, 0.5) is 0 Å². The molecule has 8 heteroatoms. The first-order chi connectivity index (χ1) is 12.6. The van der Waals surface area contributed by atoms with Crippen molar-refractivity contribution >= 4 is 27.5 Å². The quantitative estimate of drug-likeness (QED) is 0.607. The summed E-state index contributed by atoms with van der Waals surface area (Å²) >= 11 is 1.34.